The van der Waals surface area contributed by atoms with Crippen LogP contribution in [0.4, 0.5) is 0 Å². The molecule has 0 aliphatic heterocycles. The number of benzene rings is 1. The molecule has 0 saturated carbocycles. The summed E-state index contributed by atoms with van der Waals surface area (Å²) in [6.07, 6.45) is 0. The van der Waals surface area contributed by atoms with Crippen LogP contribution in [0.2, 0.25) is 0 Å². The molecule has 1 aromatic rings. The van der Waals surface area contributed by atoms with Crippen LogP contribution in [0.15, 0.2) is 12.1 Å². The Morgan fingerprint density at radius 1 is 0.800 bits per heavy atom. The molecule has 0 spiro atoms. The summed E-state index contributed by atoms with van der Waals surface area (Å²) in [6.45, 7) is 15.6. The lowest BCUT2D eigenvalue weighted by molar-refractivity contribution is 0.565. The van der Waals surface area contributed by atoms with E-state index in [4.69, 9.17) is 0 Å². The third-order valence-electron chi connectivity index (χ3n) is 2.63. The Labute approximate surface area is 94.7 Å². The summed E-state index contributed by atoms with van der Waals surface area (Å²) in [6, 6.07) is 8.06. The second-order valence-corrected chi connectivity index (χ2v) is 6.49. The Bertz CT molecular complexity index is 313. The van der Waals surface area contributed by atoms with Crippen LogP contribution in [0.1, 0.15) is 58.2 Å². The Balaban J connectivity index is 3.30. The highest BCUT2D eigenvalue weighted by Crippen LogP contribution is 2.29. The Morgan fingerprint density at radius 2 is 1.13 bits per heavy atom. The molecule has 0 N–H and O–H groups in total. The normalized spacial score (nSPS) is 13.0. The molecule has 15 heavy (non-hydrogen) atoms. The van der Waals surface area contributed by atoms with Gasteiger partial charge in [0, 0.05) is 0 Å². The molecular formula is C15H23. The summed E-state index contributed by atoms with van der Waals surface area (Å²) < 4.78 is 0. The Kier molecular flexibility index (Phi) is 3.00. The van der Waals surface area contributed by atoms with Gasteiger partial charge in [0.15, 0.2) is 0 Å². The van der Waals surface area contributed by atoms with Gasteiger partial charge in [-0.05, 0) is 34.9 Å². The van der Waals surface area contributed by atoms with Gasteiger partial charge in [-0.3, -0.25) is 0 Å². The summed E-state index contributed by atoms with van der Waals surface area (Å²) in [4.78, 5) is 0. The van der Waals surface area contributed by atoms with Crippen molar-refractivity contribution in [2.75, 3.05) is 0 Å². The van der Waals surface area contributed by atoms with Crippen LogP contribution in [0.3, 0.4) is 0 Å². The predicted molar refractivity (Wildman–Crippen MR) is 67.4 cm³/mol. The minimum atomic E-state index is 0.187. The van der Waals surface area contributed by atoms with Gasteiger partial charge in [-0.2, -0.15) is 0 Å². The molecule has 1 rings (SSSR count). The minimum Gasteiger partial charge on any atom is -0.0561 e. The lowest BCUT2D eigenvalue weighted by Gasteiger charge is -2.25. The first-order valence-electron chi connectivity index (χ1n) is 5.65. The molecule has 83 valence electrons. The van der Waals surface area contributed by atoms with Gasteiger partial charge in [-0.15, -0.1) is 0 Å². The zero-order valence-electron chi connectivity index (χ0n) is 11.2. The predicted octanol–water partition coefficient (Wildman–Crippen LogP) is 4.39. The zero-order chi connectivity index (χ0) is 11.9. The van der Waals surface area contributed by atoms with Gasteiger partial charge in [-0.25, -0.2) is 0 Å². The molecule has 0 aliphatic rings. The van der Waals surface area contributed by atoms with E-state index >= 15 is 0 Å². The molecule has 0 nitrogen and oxygen atoms in total. The standard InChI is InChI=1S/C15H23/c1-11-8-12(14(2,3)4)10-13(9-11)15(5,6)7/h8-9H,1-7H3. The average molecular weight is 203 g/mol. The lowest BCUT2D eigenvalue weighted by atomic mass is 9.80. The van der Waals surface area contributed by atoms with Crippen molar-refractivity contribution in [1.29, 1.82) is 0 Å². The third kappa shape index (κ3) is 3.09. The maximum Gasteiger partial charge on any atom is -0.0103 e. The molecular weight excluding hydrogens is 180 g/mol. The summed E-state index contributed by atoms with van der Waals surface area (Å²) >= 11 is 0. The fraction of sp³-hybridized carbons (Fsp3) is 0.600. The van der Waals surface area contributed by atoms with Crippen LogP contribution in [0.5, 0.6) is 0 Å². The van der Waals surface area contributed by atoms with E-state index in [0.29, 0.717) is 0 Å². The van der Waals surface area contributed by atoms with Crippen molar-refractivity contribution in [3.05, 3.63) is 34.9 Å². The molecule has 0 heterocycles. The Hall–Kier alpha value is -0.780. The largest absolute Gasteiger partial charge is 0.0561 e. The van der Waals surface area contributed by atoms with Crippen LogP contribution in [-0.2, 0) is 10.8 Å². The van der Waals surface area contributed by atoms with Crippen molar-refractivity contribution >= 4 is 0 Å². The van der Waals surface area contributed by atoms with Crippen molar-refractivity contribution in [3.63, 3.8) is 0 Å². The molecule has 0 heteroatoms. The zero-order valence-corrected chi connectivity index (χ0v) is 11.2. The third-order valence-corrected chi connectivity index (χ3v) is 2.63. The van der Waals surface area contributed by atoms with Gasteiger partial charge >= 0.3 is 0 Å². The summed E-state index contributed by atoms with van der Waals surface area (Å²) in [5.74, 6) is 0. The van der Waals surface area contributed by atoms with Crippen LogP contribution in [-0.4, -0.2) is 0 Å². The highest BCUT2D eigenvalue weighted by atomic mass is 14.2. The van der Waals surface area contributed by atoms with Crippen molar-refractivity contribution < 1.29 is 0 Å². The summed E-state index contributed by atoms with van der Waals surface area (Å²) in [5.41, 5.74) is 4.33. The Morgan fingerprint density at radius 3 is 1.40 bits per heavy atom. The second-order valence-electron chi connectivity index (χ2n) is 6.49. The maximum atomic E-state index is 3.57. The second kappa shape index (κ2) is 3.66. The van der Waals surface area contributed by atoms with E-state index < -0.39 is 0 Å². The van der Waals surface area contributed by atoms with E-state index in [0.717, 1.165) is 0 Å². The van der Waals surface area contributed by atoms with Crippen LogP contribution < -0.4 is 0 Å². The SMILES string of the molecule is Cc1cc(C(C)(C)C)[c]c(C(C)(C)C)c1. The number of rotatable bonds is 0. The van der Waals surface area contributed by atoms with E-state index in [9.17, 15) is 0 Å². The first-order valence-corrected chi connectivity index (χ1v) is 5.65. The summed E-state index contributed by atoms with van der Waals surface area (Å²) in [5, 5.41) is 0. The van der Waals surface area contributed by atoms with Crippen LogP contribution in [0.25, 0.3) is 0 Å². The van der Waals surface area contributed by atoms with Gasteiger partial charge < -0.3 is 0 Å². The van der Waals surface area contributed by atoms with Gasteiger partial charge in [0.05, 0.1) is 0 Å². The van der Waals surface area contributed by atoms with E-state index in [1.807, 2.05) is 0 Å². The number of hydrogen-bond acceptors (Lipinski definition) is 0. The van der Waals surface area contributed by atoms with Gasteiger partial charge in [0.1, 0.15) is 0 Å². The molecule has 0 unspecified atom stereocenters. The quantitative estimate of drug-likeness (QED) is 0.586. The first-order chi connectivity index (χ1) is 6.60. The highest BCUT2D eigenvalue weighted by molar-refractivity contribution is 5.35. The molecule has 0 aromatic heterocycles. The van der Waals surface area contributed by atoms with E-state index in [1.54, 1.807) is 0 Å². The van der Waals surface area contributed by atoms with Crippen LogP contribution in [0, 0.1) is 13.0 Å². The van der Waals surface area contributed by atoms with E-state index in [1.165, 1.54) is 16.7 Å². The number of hydrogen-bond donors (Lipinski definition) is 0. The van der Waals surface area contributed by atoms with Gasteiger partial charge in [0.25, 0.3) is 0 Å². The molecule has 1 radical (unpaired) electrons. The van der Waals surface area contributed by atoms with Crippen molar-refractivity contribution in [3.8, 4) is 0 Å². The monoisotopic (exact) mass is 203 g/mol. The molecule has 0 bridgehead atoms. The average Bonchev–Trinajstić information content (AvgIpc) is 1.99. The van der Waals surface area contributed by atoms with Crippen molar-refractivity contribution in [1.82, 2.24) is 0 Å². The smallest absolute Gasteiger partial charge is 0.0103 e. The van der Waals surface area contributed by atoms with Crippen LogP contribution >= 0.6 is 0 Å². The summed E-state index contributed by atoms with van der Waals surface area (Å²) in [7, 11) is 0. The molecule has 0 aliphatic carbocycles. The fourth-order valence-electron chi connectivity index (χ4n) is 1.52. The van der Waals surface area contributed by atoms with Crippen molar-refractivity contribution in [2.45, 2.75) is 59.3 Å². The lowest BCUT2D eigenvalue weighted by Crippen LogP contribution is -2.17. The van der Waals surface area contributed by atoms with Gasteiger partial charge in [0.2, 0.25) is 0 Å². The maximum absolute atomic E-state index is 3.57. The first kappa shape index (κ1) is 12.3. The number of aryl methyl sites for hydroxylation is 1. The minimum absolute atomic E-state index is 0.187. The van der Waals surface area contributed by atoms with Gasteiger partial charge in [-0.1, -0.05) is 59.2 Å². The van der Waals surface area contributed by atoms with Crippen molar-refractivity contribution in [2.24, 2.45) is 0 Å². The van der Waals surface area contributed by atoms with E-state index in [-0.39, 0.29) is 10.8 Å². The molecule has 0 atom stereocenters. The highest BCUT2D eigenvalue weighted by Gasteiger charge is 2.19. The molecule has 0 saturated heterocycles. The molecule has 0 fully saturated rings. The van der Waals surface area contributed by atoms with E-state index in [2.05, 4.69) is 66.7 Å². The molecule has 1 aromatic carbocycles. The fourth-order valence-corrected chi connectivity index (χ4v) is 1.52. The topological polar surface area (TPSA) is 0 Å². The molecule has 0 amide bonds.